The molecule has 3 saturated heterocycles. The summed E-state index contributed by atoms with van der Waals surface area (Å²) >= 11 is 0. The van der Waals surface area contributed by atoms with Crippen LogP contribution in [0, 0.1) is 41.3 Å². The highest BCUT2D eigenvalue weighted by molar-refractivity contribution is 5.72. The van der Waals surface area contributed by atoms with Crippen LogP contribution in [0.25, 0.3) is 0 Å². The number of hydrogen-bond donors (Lipinski definition) is 6. The molecule has 11 heteroatoms. The first-order chi connectivity index (χ1) is 26.6. The third-order valence-corrected chi connectivity index (χ3v) is 12.2. The van der Waals surface area contributed by atoms with Crippen LogP contribution in [0.15, 0.2) is 66.7 Å². The zero-order valence-electron chi connectivity index (χ0n) is 31.7. The minimum absolute atomic E-state index is 0.00783. The van der Waals surface area contributed by atoms with Crippen molar-refractivity contribution >= 4 is 17.9 Å². The highest BCUT2D eigenvalue weighted by atomic mass is 19.1. The summed E-state index contributed by atoms with van der Waals surface area (Å²) in [6, 6.07) is 21.3. The van der Waals surface area contributed by atoms with Crippen molar-refractivity contribution in [2.24, 2.45) is 35.5 Å². The first-order valence-electron chi connectivity index (χ1n) is 20.1. The third-order valence-electron chi connectivity index (χ3n) is 12.2. The minimum atomic E-state index is -0.852. The molecule has 3 aliphatic rings. The molecule has 6 atom stereocenters. The number of carboxylic acid groups (broad SMARTS) is 3. The first-order valence-corrected chi connectivity index (χ1v) is 20.1. The Hall–Kier alpha value is -4.16. The lowest BCUT2D eigenvalue weighted by atomic mass is 9.85. The number of hydrogen-bond acceptors (Lipinski definition) is 7. The maximum absolute atomic E-state index is 15.2. The molecule has 0 aliphatic carbocycles. The quantitative estimate of drug-likeness (QED) is 0.0961. The van der Waals surface area contributed by atoms with E-state index in [0.717, 1.165) is 79.8 Å². The standard InChI is InChI=1S/C44H57FN4O6/c45-38-20-33(24-41(44(54)55)37-9-14-48-27-37)19-34(21-38)28-49(15-10-29-3-1-5-31(17-29)22-39(42(50)51)35-7-12-46-25-35)16-11-30-4-2-6-32(18-30)23-40(43(52)53)36-8-13-47-26-36/h1-6,17-21,35-37,39-41,46-48H,7-16,22-28H2,(H,50,51)(H,52,53)(H,54,55)/t35-,36-,37+,39-,40-,41-/m0/s1. The van der Waals surface area contributed by atoms with Crippen molar-refractivity contribution in [3.63, 3.8) is 0 Å². The van der Waals surface area contributed by atoms with E-state index in [0.29, 0.717) is 57.4 Å². The second-order valence-electron chi connectivity index (χ2n) is 16.1. The highest BCUT2D eigenvalue weighted by Gasteiger charge is 2.33. The Morgan fingerprint density at radius 3 is 1.36 bits per heavy atom. The largest absolute Gasteiger partial charge is 0.481 e. The average Bonchev–Trinajstić information content (AvgIpc) is 3.98. The zero-order chi connectivity index (χ0) is 38.7. The van der Waals surface area contributed by atoms with Gasteiger partial charge in [0.1, 0.15) is 5.82 Å². The molecule has 3 fully saturated rings. The normalized spacial score (nSPS) is 21.5. The lowest BCUT2D eigenvalue weighted by Gasteiger charge is -2.24. The Bertz CT molecular complexity index is 1670. The molecular weight excluding hydrogens is 700 g/mol. The zero-order valence-corrected chi connectivity index (χ0v) is 31.7. The maximum atomic E-state index is 15.2. The second-order valence-corrected chi connectivity index (χ2v) is 16.1. The van der Waals surface area contributed by atoms with Crippen LogP contribution in [-0.2, 0) is 53.0 Å². The molecule has 296 valence electrons. The molecule has 0 saturated carbocycles. The van der Waals surface area contributed by atoms with Crippen LogP contribution < -0.4 is 16.0 Å². The Labute approximate surface area is 323 Å². The smallest absolute Gasteiger partial charge is 0.307 e. The number of benzene rings is 3. The summed E-state index contributed by atoms with van der Waals surface area (Å²) in [5, 5.41) is 39.9. The number of nitrogens with zero attached hydrogens (tertiary/aromatic N) is 1. The van der Waals surface area contributed by atoms with E-state index in [1.807, 2.05) is 30.3 Å². The van der Waals surface area contributed by atoms with Gasteiger partial charge in [-0.2, -0.15) is 0 Å². The molecule has 3 aromatic rings. The van der Waals surface area contributed by atoms with Crippen LogP contribution in [0.3, 0.4) is 0 Å². The summed E-state index contributed by atoms with van der Waals surface area (Å²) in [5.41, 5.74) is 5.70. The molecule has 0 spiro atoms. The van der Waals surface area contributed by atoms with E-state index in [1.54, 1.807) is 6.07 Å². The molecule has 3 aromatic carbocycles. The molecule has 0 bridgehead atoms. The van der Waals surface area contributed by atoms with Crippen molar-refractivity contribution in [1.82, 2.24) is 20.9 Å². The molecule has 10 nitrogen and oxygen atoms in total. The number of nitrogens with one attached hydrogen (secondary N) is 3. The van der Waals surface area contributed by atoms with Gasteiger partial charge in [-0.15, -0.1) is 0 Å². The predicted octanol–water partition coefficient (Wildman–Crippen LogP) is 4.67. The van der Waals surface area contributed by atoms with Gasteiger partial charge in [-0.05, 0) is 154 Å². The molecule has 0 amide bonds. The van der Waals surface area contributed by atoms with Crippen molar-refractivity contribution in [3.05, 3.63) is 106 Å². The lowest BCUT2D eigenvalue weighted by molar-refractivity contribution is -0.144. The maximum Gasteiger partial charge on any atom is 0.307 e. The molecule has 0 radical (unpaired) electrons. The van der Waals surface area contributed by atoms with Crippen molar-refractivity contribution in [2.75, 3.05) is 52.4 Å². The van der Waals surface area contributed by atoms with Gasteiger partial charge in [-0.25, -0.2) is 4.39 Å². The minimum Gasteiger partial charge on any atom is -0.481 e. The van der Waals surface area contributed by atoms with Crippen LogP contribution in [0.1, 0.15) is 52.6 Å². The Balaban J connectivity index is 1.17. The summed E-state index contributed by atoms with van der Waals surface area (Å²) in [6.45, 7) is 6.40. The summed E-state index contributed by atoms with van der Waals surface area (Å²) in [4.78, 5) is 38.9. The number of aliphatic carboxylic acids is 3. The van der Waals surface area contributed by atoms with Gasteiger partial charge in [-0.1, -0.05) is 54.6 Å². The average molecular weight is 757 g/mol. The summed E-state index contributed by atoms with van der Waals surface area (Å²) in [5.74, 6) is -3.97. The number of carbonyl (C=O) groups is 3. The Kier molecular flexibility index (Phi) is 14.4. The molecule has 6 N–H and O–H groups in total. The SMILES string of the molecule is O=C(O)[C@@H](Cc1cc(F)cc(CN(CCc2cccc(C[C@H](C(=O)O)[C@H]3CCNC3)c2)CCc2cccc(C[C@H](C(=O)O)[C@H]3CCNC3)c2)c1)[C@@H]1CCNC1. The molecular formula is C44H57FN4O6. The van der Waals surface area contributed by atoms with E-state index in [-0.39, 0.29) is 30.0 Å². The van der Waals surface area contributed by atoms with Crippen LogP contribution >= 0.6 is 0 Å². The fourth-order valence-corrected chi connectivity index (χ4v) is 9.04. The van der Waals surface area contributed by atoms with Crippen LogP contribution in [0.5, 0.6) is 0 Å². The van der Waals surface area contributed by atoms with Crippen LogP contribution in [-0.4, -0.2) is 90.5 Å². The van der Waals surface area contributed by atoms with Crippen LogP contribution in [0.4, 0.5) is 4.39 Å². The van der Waals surface area contributed by atoms with E-state index < -0.39 is 35.7 Å². The lowest BCUT2D eigenvalue weighted by Crippen LogP contribution is -2.29. The van der Waals surface area contributed by atoms with E-state index in [9.17, 15) is 29.7 Å². The van der Waals surface area contributed by atoms with Gasteiger partial charge in [0, 0.05) is 19.6 Å². The van der Waals surface area contributed by atoms with E-state index in [4.69, 9.17) is 0 Å². The van der Waals surface area contributed by atoms with Gasteiger partial charge in [0.25, 0.3) is 0 Å². The Morgan fingerprint density at radius 1 is 0.582 bits per heavy atom. The molecule has 6 rings (SSSR count). The van der Waals surface area contributed by atoms with Gasteiger partial charge in [0.05, 0.1) is 17.8 Å². The van der Waals surface area contributed by atoms with Crippen molar-refractivity contribution in [3.8, 4) is 0 Å². The van der Waals surface area contributed by atoms with Gasteiger partial charge >= 0.3 is 17.9 Å². The molecule has 0 aromatic heterocycles. The summed E-state index contributed by atoms with van der Waals surface area (Å²) in [7, 11) is 0. The van der Waals surface area contributed by atoms with Crippen molar-refractivity contribution in [1.29, 1.82) is 0 Å². The van der Waals surface area contributed by atoms with Gasteiger partial charge in [-0.3, -0.25) is 19.3 Å². The van der Waals surface area contributed by atoms with E-state index >= 15 is 4.39 Å². The van der Waals surface area contributed by atoms with Crippen LogP contribution in [0.2, 0.25) is 0 Å². The second kappa shape index (κ2) is 19.6. The first kappa shape index (κ1) is 40.5. The van der Waals surface area contributed by atoms with Crippen molar-refractivity contribution in [2.45, 2.75) is 57.9 Å². The molecule has 0 unspecified atom stereocenters. The molecule has 3 heterocycles. The van der Waals surface area contributed by atoms with Crippen molar-refractivity contribution < 1.29 is 34.1 Å². The Morgan fingerprint density at radius 2 is 0.964 bits per heavy atom. The fraction of sp³-hybridized carbons (Fsp3) is 0.523. The molecule has 55 heavy (non-hydrogen) atoms. The highest BCUT2D eigenvalue weighted by Crippen LogP contribution is 2.27. The molecule has 3 aliphatic heterocycles. The predicted molar refractivity (Wildman–Crippen MR) is 209 cm³/mol. The summed E-state index contributed by atoms with van der Waals surface area (Å²) < 4.78 is 15.2. The van der Waals surface area contributed by atoms with Gasteiger partial charge in [0.15, 0.2) is 0 Å². The van der Waals surface area contributed by atoms with E-state index in [1.165, 1.54) is 6.07 Å². The third kappa shape index (κ3) is 11.7. The van der Waals surface area contributed by atoms with Gasteiger partial charge < -0.3 is 31.3 Å². The fourth-order valence-electron chi connectivity index (χ4n) is 9.04. The van der Waals surface area contributed by atoms with E-state index in [2.05, 4.69) is 45.1 Å². The summed E-state index contributed by atoms with van der Waals surface area (Å²) in [6.07, 6.45) is 5.18. The van der Waals surface area contributed by atoms with Gasteiger partial charge in [0.2, 0.25) is 0 Å². The number of halogens is 1. The number of carboxylic acids is 3. The topological polar surface area (TPSA) is 151 Å². The monoisotopic (exact) mass is 756 g/mol. The number of rotatable bonds is 20.